The monoisotopic (exact) mass is 574 g/mol. The molecule has 2 aromatic heterocycles. The molecular formula is C30H29F3N8O. The van der Waals surface area contributed by atoms with Gasteiger partial charge in [0.2, 0.25) is 0 Å². The van der Waals surface area contributed by atoms with Crippen molar-refractivity contribution in [3.8, 4) is 22.4 Å². The van der Waals surface area contributed by atoms with Gasteiger partial charge in [0.05, 0.1) is 30.7 Å². The van der Waals surface area contributed by atoms with Gasteiger partial charge in [-0.15, -0.1) is 0 Å². The Bertz CT molecular complexity index is 1630. The summed E-state index contributed by atoms with van der Waals surface area (Å²) in [5.74, 6) is -2.17. The smallest absolute Gasteiger partial charge is 0.256 e. The number of nitrogens with zero attached hydrogens (tertiary/aromatic N) is 6. The second-order valence-electron chi connectivity index (χ2n) is 9.85. The van der Waals surface area contributed by atoms with Crippen molar-refractivity contribution in [2.45, 2.75) is 19.0 Å². The van der Waals surface area contributed by atoms with Gasteiger partial charge in [-0.1, -0.05) is 6.07 Å². The SMILES string of the molecule is CN1Cc2nccc(-c3cn(CCNCC(CN=CN=CN)c4ccc(F)cc4F)nc3-c3ccc(F)cc3)c2C1=O. The van der Waals surface area contributed by atoms with E-state index >= 15 is 0 Å². The summed E-state index contributed by atoms with van der Waals surface area (Å²) in [4.78, 5) is 26.9. The summed E-state index contributed by atoms with van der Waals surface area (Å²) in [7, 11) is 1.73. The maximum Gasteiger partial charge on any atom is 0.256 e. The molecule has 4 aromatic rings. The van der Waals surface area contributed by atoms with Crippen molar-refractivity contribution in [3.63, 3.8) is 0 Å². The minimum atomic E-state index is -0.654. The summed E-state index contributed by atoms with van der Waals surface area (Å²) in [6.07, 6.45) is 5.91. The third-order valence-corrected chi connectivity index (χ3v) is 7.02. The Labute approximate surface area is 240 Å². The second-order valence-corrected chi connectivity index (χ2v) is 9.85. The first-order valence-corrected chi connectivity index (χ1v) is 13.3. The summed E-state index contributed by atoms with van der Waals surface area (Å²) in [5, 5.41) is 8.09. The molecule has 12 heteroatoms. The van der Waals surface area contributed by atoms with Crippen LogP contribution in [0, 0.1) is 17.5 Å². The van der Waals surface area contributed by atoms with Crippen molar-refractivity contribution < 1.29 is 18.0 Å². The van der Waals surface area contributed by atoms with E-state index in [-0.39, 0.29) is 24.2 Å². The fourth-order valence-electron chi connectivity index (χ4n) is 4.96. The highest BCUT2D eigenvalue weighted by molar-refractivity contribution is 6.05. The summed E-state index contributed by atoms with van der Waals surface area (Å²) in [5.41, 5.74) is 9.53. The average molecular weight is 575 g/mol. The van der Waals surface area contributed by atoms with Crippen LogP contribution in [0.4, 0.5) is 13.2 Å². The van der Waals surface area contributed by atoms with Crippen LogP contribution < -0.4 is 11.1 Å². The van der Waals surface area contributed by atoms with Gasteiger partial charge in [0.1, 0.15) is 29.5 Å². The molecule has 3 N–H and O–H groups in total. The van der Waals surface area contributed by atoms with Crippen molar-refractivity contribution in [3.05, 3.63) is 95.2 Å². The number of nitrogens with two attached hydrogens (primary N) is 1. The number of pyridine rings is 1. The molecule has 1 aliphatic heterocycles. The van der Waals surface area contributed by atoms with E-state index in [1.807, 2.05) is 6.20 Å². The molecule has 0 fully saturated rings. The quantitative estimate of drug-likeness (QED) is 0.160. The second kappa shape index (κ2) is 12.8. The number of carbonyl (C=O) groups excluding carboxylic acids is 1. The Balaban J connectivity index is 1.37. The zero-order valence-corrected chi connectivity index (χ0v) is 22.8. The van der Waals surface area contributed by atoms with Gasteiger partial charge in [-0.25, -0.2) is 18.2 Å². The zero-order valence-electron chi connectivity index (χ0n) is 22.8. The summed E-state index contributed by atoms with van der Waals surface area (Å²) in [6, 6.07) is 11.3. The molecule has 9 nitrogen and oxygen atoms in total. The van der Waals surface area contributed by atoms with Gasteiger partial charge in [-0.2, -0.15) is 5.10 Å². The molecular weight excluding hydrogens is 545 g/mol. The Morgan fingerprint density at radius 1 is 1.10 bits per heavy atom. The first-order valence-electron chi connectivity index (χ1n) is 13.3. The van der Waals surface area contributed by atoms with E-state index in [0.717, 1.165) is 18.0 Å². The summed E-state index contributed by atoms with van der Waals surface area (Å²) in [6.45, 7) is 1.89. The van der Waals surface area contributed by atoms with Crippen LogP contribution in [0.3, 0.4) is 0 Å². The molecule has 1 atom stereocenters. The van der Waals surface area contributed by atoms with Gasteiger partial charge < -0.3 is 16.0 Å². The third kappa shape index (κ3) is 6.23. The van der Waals surface area contributed by atoms with E-state index < -0.39 is 11.6 Å². The van der Waals surface area contributed by atoms with E-state index in [1.165, 1.54) is 30.6 Å². The number of carbonyl (C=O) groups is 1. The molecule has 1 amide bonds. The number of hydrogen-bond acceptors (Lipinski definition) is 5. The van der Waals surface area contributed by atoms with Crippen LogP contribution in [0.15, 0.2) is 70.9 Å². The topological polar surface area (TPSA) is 114 Å². The third-order valence-electron chi connectivity index (χ3n) is 7.02. The lowest BCUT2D eigenvalue weighted by molar-refractivity contribution is 0.0817. The molecule has 3 heterocycles. The zero-order chi connectivity index (χ0) is 29.6. The average Bonchev–Trinajstić information content (AvgIpc) is 3.53. The lowest BCUT2D eigenvalue weighted by atomic mass is 9.97. The van der Waals surface area contributed by atoms with Gasteiger partial charge in [0.25, 0.3) is 5.91 Å². The molecule has 2 aromatic carbocycles. The lowest BCUT2D eigenvalue weighted by Crippen LogP contribution is -2.27. The highest BCUT2D eigenvalue weighted by Crippen LogP contribution is 2.36. The minimum absolute atomic E-state index is 0.119. The van der Waals surface area contributed by atoms with E-state index in [0.29, 0.717) is 59.8 Å². The van der Waals surface area contributed by atoms with Crippen LogP contribution >= 0.6 is 0 Å². The number of halogens is 3. The van der Waals surface area contributed by atoms with Crippen molar-refractivity contribution in [2.75, 3.05) is 26.7 Å². The number of rotatable bonds is 11. The van der Waals surface area contributed by atoms with Crippen molar-refractivity contribution in [2.24, 2.45) is 15.7 Å². The molecule has 0 spiro atoms. The van der Waals surface area contributed by atoms with Crippen LogP contribution in [0.5, 0.6) is 0 Å². The molecule has 42 heavy (non-hydrogen) atoms. The van der Waals surface area contributed by atoms with Crippen LogP contribution in [-0.2, 0) is 13.1 Å². The first-order chi connectivity index (χ1) is 20.4. The lowest BCUT2D eigenvalue weighted by Gasteiger charge is -2.17. The Morgan fingerprint density at radius 2 is 1.88 bits per heavy atom. The Hall–Kier alpha value is -4.84. The van der Waals surface area contributed by atoms with Gasteiger partial charge >= 0.3 is 0 Å². The number of amides is 1. The van der Waals surface area contributed by atoms with Gasteiger partial charge in [0.15, 0.2) is 0 Å². The first kappa shape index (κ1) is 28.7. The Kier molecular flexibility index (Phi) is 8.72. The fraction of sp³-hybridized carbons (Fsp3) is 0.233. The number of aromatic nitrogens is 3. The minimum Gasteiger partial charge on any atom is -0.390 e. The largest absolute Gasteiger partial charge is 0.390 e. The molecule has 1 unspecified atom stereocenters. The molecule has 0 bridgehead atoms. The fourth-order valence-corrected chi connectivity index (χ4v) is 4.96. The van der Waals surface area contributed by atoms with Crippen LogP contribution in [0.25, 0.3) is 22.4 Å². The maximum atomic E-state index is 14.6. The van der Waals surface area contributed by atoms with Crippen molar-refractivity contribution in [1.82, 2.24) is 25.0 Å². The van der Waals surface area contributed by atoms with E-state index in [2.05, 4.69) is 20.3 Å². The predicted molar refractivity (Wildman–Crippen MR) is 155 cm³/mol. The molecule has 0 saturated carbocycles. The van der Waals surface area contributed by atoms with E-state index in [1.54, 1.807) is 41.0 Å². The van der Waals surface area contributed by atoms with E-state index in [4.69, 9.17) is 10.8 Å². The predicted octanol–water partition coefficient (Wildman–Crippen LogP) is 4.00. The Morgan fingerprint density at radius 3 is 2.64 bits per heavy atom. The molecule has 0 radical (unpaired) electrons. The number of benzene rings is 2. The standard InChI is InChI=1S/C30H29F3N8O/c1-40-16-27-28(30(40)42)24(8-9-38-27)25-15-41(39-29(25)19-2-4-21(31)5-3-19)11-10-35-13-20(14-36-18-37-17-34)23-7-6-22(32)12-26(23)33/h2-9,12,15,17-18,20,35H,10-11,13-14,16H2,1H3,(H2,34,36,37). The number of aliphatic imine (C=N–C) groups is 2. The molecule has 216 valence electrons. The summed E-state index contributed by atoms with van der Waals surface area (Å²) < 4.78 is 43.5. The van der Waals surface area contributed by atoms with Crippen LogP contribution in [-0.4, -0.2) is 64.9 Å². The summed E-state index contributed by atoms with van der Waals surface area (Å²) >= 11 is 0. The van der Waals surface area contributed by atoms with E-state index in [9.17, 15) is 18.0 Å². The van der Waals surface area contributed by atoms with Gasteiger partial charge in [-0.3, -0.25) is 19.5 Å². The molecule has 0 aliphatic carbocycles. The molecule has 5 rings (SSSR count). The normalized spacial score (nSPS) is 13.9. The molecule has 0 saturated heterocycles. The van der Waals surface area contributed by atoms with Gasteiger partial charge in [0, 0.05) is 67.8 Å². The van der Waals surface area contributed by atoms with Crippen LogP contribution in [0.2, 0.25) is 0 Å². The maximum absolute atomic E-state index is 14.6. The number of hydrogen-bond donors (Lipinski definition) is 2. The number of fused-ring (bicyclic) bond motifs is 1. The van der Waals surface area contributed by atoms with Gasteiger partial charge in [-0.05, 0) is 42.0 Å². The van der Waals surface area contributed by atoms with Crippen molar-refractivity contribution in [1.29, 1.82) is 0 Å². The number of nitrogens with one attached hydrogen (secondary N) is 1. The highest BCUT2D eigenvalue weighted by Gasteiger charge is 2.30. The van der Waals surface area contributed by atoms with Crippen LogP contribution in [0.1, 0.15) is 27.5 Å². The highest BCUT2D eigenvalue weighted by atomic mass is 19.1. The molecule has 1 aliphatic rings. The van der Waals surface area contributed by atoms with Crippen molar-refractivity contribution >= 4 is 18.6 Å².